The average molecular weight is 182 g/mol. The fourth-order valence-corrected chi connectivity index (χ4v) is 0.977. The standard InChI is InChI=1S/C10H14O3/c1-8(11)10(12-2)13-9-6-4-3-5-7-9/h3-8,10-11H,1-2H3. The van der Waals surface area contributed by atoms with Crippen LogP contribution in [0.15, 0.2) is 30.3 Å². The zero-order valence-corrected chi connectivity index (χ0v) is 7.81. The third-order valence-corrected chi connectivity index (χ3v) is 1.62. The van der Waals surface area contributed by atoms with E-state index < -0.39 is 12.4 Å². The SMILES string of the molecule is COC(Oc1ccccc1)C(C)O. The topological polar surface area (TPSA) is 38.7 Å². The Bertz CT molecular complexity index is 233. The molecule has 0 aliphatic rings. The highest BCUT2D eigenvalue weighted by Crippen LogP contribution is 2.12. The Morgan fingerprint density at radius 3 is 2.31 bits per heavy atom. The first-order valence-electron chi connectivity index (χ1n) is 4.16. The van der Waals surface area contributed by atoms with Gasteiger partial charge in [-0.3, -0.25) is 0 Å². The molecule has 3 nitrogen and oxygen atoms in total. The fourth-order valence-electron chi connectivity index (χ4n) is 0.977. The molecule has 0 saturated heterocycles. The van der Waals surface area contributed by atoms with Crippen LogP contribution in [0, 0.1) is 0 Å². The van der Waals surface area contributed by atoms with Crippen molar-refractivity contribution in [3.05, 3.63) is 30.3 Å². The van der Waals surface area contributed by atoms with E-state index in [9.17, 15) is 5.11 Å². The highest BCUT2D eigenvalue weighted by molar-refractivity contribution is 5.21. The van der Waals surface area contributed by atoms with Crippen molar-refractivity contribution >= 4 is 0 Å². The van der Waals surface area contributed by atoms with Gasteiger partial charge in [-0.05, 0) is 19.1 Å². The van der Waals surface area contributed by atoms with Crippen LogP contribution in [0.5, 0.6) is 5.75 Å². The maximum Gasteiger partial charge on any atom is 0.225 e. The Balaban J connectivity index is 2.57. The largest absolute Gasteiger partial charge is 0.462 e. The molecule has 3 heteroatoms. The lowest BCUT2D eigenvalue weighted by atomic mass is 10.3. The molecule has 0 fully saturated rings. The van der Waals surface area contributed by atoms with E-state index in [4.69, 9.17) is 9.47 Å². The van der Waals surface area contributed by atoms with E-state index in [0.29, 0.717) is 5.75 Å². The summed E-state index contributed by atoms with van der Waals surface area (Å²) in [4.78, 5) is 0. The third kappa shape index (κ3) is 3.05. The number of aliphatic hydroxyl groups is 1. The summed E-state index contributed by atoms with van der Waals surface area (Å²) >= 11 is 0. The van der Waals surface area contributed by atoms with Crippen molar-refractivity contribution in [2.75, 3.05) is 7.11 Å². The molecule has 72 valence electrons. The van der Waals surface area contributed by atoms with Gasteiger partial charge in [-0.1, -0.05) is 18.2 Å². The number of ether oxygens (including phenoxy) is 2. The molecule has 0 radical (unpaired) electrons. The highest BCUT2D eigenvalue weighted by Gasteiger charge is 2.14. The summed E-state index contributed by atoms with van der Waals surface area (Å²) in [6.07, 6.45) is -1.26. The van der Waals surface area contributed by atoms with Gasteiger partial charge in [0.25, 0.3) is 0 Å². The minimum absolute atomic E-state index is 0.609. The molecule has 0 amide bonds. The molecule has 2 unspecified atom stereocenters. The van der Waals surface area contributed by atoms with E-state index >= 15 is 0 Å². The van der Waals surface area contributed by atoms with E-state index in [2.05, 4.69) is 0 Å². The number of hydrogen-bond donors (Lipinski definition) is 1. The number of hydrogen-bond acceptors (Lipinski definition) is 3. The van der Waals surface area contributed by atoms with E-state index in [0.717, 1.165) is 0 Å². The van der Waals surface area contributed by atoms with Gasteiger partial charge < -0.3 is 14.6 Å². The maximum atomic E-state index is 9.22. The Kier molecular flexibility index (Phi) is 3.73. The number of rotatable bonds is 4. The maximum absolute atomic E-state index is 9.22. The smallest absolute Gasteiger partial charge is 0.225 e. The zero-order chi connectivity index (χ0) is 9.68. The lowest BCUT2D eigenvalue weighted by molar-refractivity contribution is -0.120. The average Bonchev–Trinajstić information content (AvgIpc) is 2.15. The van der Waals surface area contributed by atoms with Gasteiger partial charge in [0, 0.05) is 7.11 Å². The van der Waals surface area contributed by atoms with Crippen LogP contribution in [0.2, 0.25) is 0 Å². The quantitative estimate of drug-likeness (QED) is 0.716. The third-order valence-electron chi connectivity index (χ3n) is 1.62. The minimum atomic E-state index is -0.648. The van der Waals surface area contributed by atoms with Crippen LogP contribution in [-0.2, 0) is 4.74 Å². The van der Waals surface area contributed by atoms with Crippen molar-refractivity contribution in [3.63, 3.8) is 0 Å². The molecule has 0 aliphatic carbocycles. The summed E-state index contributed by atoms with van der Waals surface area (Å²) in [6.45, 7) is 1.62. The molecule has 1 rings (SSSR count). The van der Waals surface area contributed by atoms with Crippen LogP contribution in [0.3, 0.4) is 0 Å². The van der Waals surface area contributed by atoms with Crippen molar-refractivity contribution in [3.8, 4) is 5.75 Å². The molecule has 1 N–H and O–H groups in total. The van der Waals surface area contributed by atoms with E-state index in [1.165, 1.54) is 7.11 Å². The van der Waals surface area contributed by atoms with Gasteiger partial charge in [-0.2, -0.15) is 0 Å². The predicted octanol–water partition coefficient (Wildman–Crippen LogP) is 1.42. The molecule has 0 aliphatic heterocycles. The molecular formula is C10H14O3. The van der Waals surface area contributed by atoms with Crippen molar-refractivity contribution in [2.45, 2.75) is 19.3 Å². The lowest BCUT2D eigenvalue weighted by Crippen LogP contribution is -2.30. The van der Waals surface area contributed by atoms with Crippen LogP contribution in [0.25, 0.3) is 0 Å². The van der Waals surface area contributed by atoms with Gasteiger partial charge in [-0.15, -0.1) is 0 Å². The molecule has 1 aromatic rings. The van der Waals surface area contributed by atoms with E-state index in [1.54, 1.807) is 6.92 Å². The predicted molar refractivity (Wildman–Crippen MR) is 49.5 cm³/mol. The number of methoxy groups -OCH3 is 1. The van der Waals surface area contributed by atoms with E-state index in [-0.39, 0.29) is 0 Å². The monoisotopic (exact) mass is 182 g/mol. The zero-order valence-electron chi connectivity index (χ0n) is 7.81. The van der Waals surface area contributed by atoms with Gasteiger partial charge in [-0.25, -0.2) is 0 Å². The molecule has 0 saturated carbocycles. The Morgan fingerprint density at radius 2 is 1.85 bits per heavy atom. The van der Waals surface area contributed by atoms with Crippen LogP contribution >= 0.6 is 0 Å². The van der Waals surface area contributed by atoms with Crippen LogP contribution in [-0.4, -0.2) is 24.6 Å². The minimum Gasteiger partial charge on any atom is -0.462 e. The number of aliphatic hydroxyl groups excluding tert-OH is 1. The Hall–Kier alpha value is -1.06. The second kappa shape index (κ2) is 4.84. The summed E-state index contributed by atoms with van der Waals surface area (Å²) in [5.74, 6) is 0.690. The lowest BCUT2D eigenvalue weighted by Gasteiger charge is -2.19. The van der Waals surface area contributed by atoms with Crippen LogP contribution in [0.4, 0.5) is 0 Å². The van der Waals surface area contributed by atoms with Gasteiger partial charge in [0.1, 0.15) is 11.9 Å². The molecule has 2 atom stereocenters. The Morgan fingerprint density at radius 1 is 1.23 bits per heavy atom. The Labute approximate surface area is 77.9 Å². The fraction of sp³-hybridized carbons (Fsp3) is 0.400. The highest BCUT2D eigenvalue weighted by atomic mass is 16.7. The molecule has 1 aromatic carbocycles. The summed E-state index contributed by atoms with van der Waals surface area (Å²) in [7, 11) is 1.50. The summed E-state index contributed by atoms with van der Waals surface area (Å²) < 4.78 is 10.3. The normalized spacial score (nSPS) is 15.0. The molecule has 0 heterocycles. The second-order valence-corrected chi connectivity index (χ2v) is 2.78. The molecule has 0 aromatic heterocycles. The first-order chi connectivity index (χ1) is 6.24. The van der Waals surface area contributed by atoms with Crippen LogP contribution < -0.4 is 4.74 Å². The molecule has 13 heavy (non-hydrogen) atoms. The van der Waals surface area contributed by atoms with Gasteiger partial charge in [0.15, 0.2) is 0 Å². The van der Waals surface area contributed by atoms with Crippen molar-refractivity contribution in [1.82, 2.24) is 0 Å². The van der Waals surface area contributed by atoms with Crippen molar-refractivity contribution in [1.29, 1.82) is 0 Å². The summed E-state index contributed by atoms with van der Waals surface area (Å²) in [5, 5.41) is 9.22. The summed E-state index contributed by atoms with van der Waals surface area (Å²) in [5.41, 5.74) is 0. The molecule has 0 bridgehead atoms. The van der Waals surface area contributed by atoms with Gasteiger partial charge >= 0.3 is 0 Å². The molecular weight excluding hydrogens is 168 g/mol. The number of benzene rings is 1. The molecule has 0 spiro atoms. The van der Waals surface area contributed by atoms with Crippen LogP contribution in [0.1, 0.15) is 6.92 Å². The number of para-hydroxylation sites is 1. The van der Waals surface area contributed by atoms with Crippen molar-refractivity contribution in [2.24, 2.45) is 0 Å². The first kappa shape index (κ1) is 10.0. The van der Waals surface area contributed by atoms with E-state index in [1.807, 2.05) is 30.3 Å². The first-order valence-corrected chi connectivity index (χ1v) is 4.16. The van der Waals surface area contributed by atoms with Gasteiger partial charge in [0.2, 0.25) is 6.29 Å². The van der Waals surface area contributed by atoms with Gasteiger partial charge in [0.05, 0.1) is 0 Å². The van der Waals surface area contributed by atoms with Crippen molar-refractivity contribution < 1.29 is 14.6 Å². The second-order valence-electron chi connectivity index (χ2n) is 2.78. The summed E-state index contributed by atoms with van der Waals surface area (Å²) in [6, 6.07) is 9.26.